The second kappa shape index (κ2) is 7.11. The minimum absolute atomic E-state index is 0.00821. The summed E-state index contributed by atoms with van der Waals surface area (Å²) in [4.78, 5) is 14.1. The van der Waals surface area contributed by atoms with Gasteiger partial charge in [0.2, 0.25) is 0 Å². The van der Waals surface area contributed by atoms with Crippen LogP contribution >= 0.6 is 0 Å². The van der Waals surface area contributed by atoms with E-state index in [4.69, 9.17) is 9.47 Å². The van der Waals surface area contributed by atoms with Crippen molar-refractivity contribution in [3.8, 4) is 0 Å². The van der Waals surface area contributed by atoms with Crippen LogP contribution in [-0.2, 0) is 9.47 Å². The molecule has 2 aliphatic rings. The summed E-state index contributed by atoms with van der Waals surface area (Å²) >= 11 is 0. The number of hydrogen-bond donors (Lipinski definition) is 1. The average Bonchev–Trinajstić information content (AvgIpc) is 3.02. The van der Waals surface area contributed by atoms with Crippen LogP contribution in [-0.4, -0.2) is 49.9 Å². The molecule has 3 rings (SSSR count). The smallest absolute Gasteiger partial charge is 0.317 e. The first-order chi connectivity index (χ1) is 10.7. The van der Waals surface area contributed by atoms with E-state index >= 15 is 0 Å². The first-order valence-corrected chi connectivity index (χ1v) is 8.05. The molecule has 0 spiro atoms. The summed E-state index contributed by atoms with van der Waals surface area (Å²) in [6.45, 7) is 5.36. The van der Waals surface area contributed by atoms with E-state index in [0.29, 0.717) is 32.2 Å². The molecule has 0 aromatic heterocycles. The van der Waals surface area contributed by atoms with Gasteiger partial charge in [0, 0.05) is 32.2 Å². The number of hydrogen-bond acceptors (Lipinski definition) is 3. The SMILES string of the molecule is CC1CN(C(=O)NCC2CCOC2c2ccccc2)CCO1. The van der Waals surface area contributed by atoms with Gasteiger partial charge < -0.3 is 19.7 Å². The molecule has 1 aromatic carbocycles. The van der Waals surface area contributed by atoms with Crippen molar-refractivity contribution < 1.29 is 14.3 Å². The van der Waals surface area contributed by atoms with Crippen LogP contribution in [0, 0.1) is 5.92 Å². The van der Waals surface area contributed by atoms with Gasteiger partial charge in [0.15, 0.2) is 0 Å². The number of urea groups is 1. The molecule has 2 fully saturated rings. The number of nitrogens with one attached hydrogen (secondary N) is 1. The summed E-state index contributed by atoms with van der Waals surface area (Å²) < 4.78 is 11.3. The minimum atomic E-state index is 0.00821. The molecule has 3 unspecified atom stereocenters. The Balaban J connectivity index is 1.53. The highest BCUT2D eigenvalue weighted by Crippen LogP contribution is 2.33. The van der Waals surface area contributed by atoms with E-state index < -0.39 is 0 Å². The molecule has 22 heavy (non-hydrogen) atoms. The zero-order valence-corrected chi connectivity index (χ0v) is 13.0. The third kappa shape index (κ3) is 3.59. The van der Waals surface area contributed by atoms with Crippen molar-refractivity contribution in [1.29, 1.82) is 0 Å². The summed E-state index contributed by atoms with van der Waals surface area (Å²) in [6.07, 6.45) is 1.19. The molecule has 5 nitrogen and oxygen atoms in total. The van der Waals surface area contributed by atoms with Crippen LogP contribution in [0.1, 0.15) is 25.0 Å². The lowest BCUT2D eigenvalue weighted by molar-refractivity contribution is -0.00374. The van der Waals surface area contributed by atoms with Gasteiger partial charge in [-0.15, -0.1) is 0 Å². The molecule has 2 saturated heterocycles. The maximum atomic E-state index is 12.3. The molecule has 0 bridgehead atoms. The number of amides is 2. The zero-order valence-electron chi connectivity index (χ0n) is 13.0. The fourth-order valence-electron chi connectivity index (χ4n) is 3.19. The van der Waals surface area contributed by atoms with E-state index in [0.717, 1.165) is 13.0 Å². The van der Waals surface area contributed by atoms with Crippen molar-refractivity contribution >= 4 is 6.03 Å². The molecule has 2 heterocycles. The Morgan fingerprint density at radius 2 is 2.09 bits per heavy atom. The van der Waals surface area contributed by atoms with Crippen LogP contribution in [0.3, 0.4) is 0 Å². The number of nitrogens with zero attached hydrogens (tertiary/aromatic N) is 1. The predicted octanol–water partition coefficient (Wildman–Crippen LogP) is 2.19. The van der Waals surface area contributed by atoms with E-state index in [1.807, 2.05) is 30.0 Å². The quantitative estimate of drug-likeness (QED) is 0.931. The van der Waals surface area contributed by atoms with Crippen molar-refractivity contribution in [2.24, 2.45) is 5.92 Å². The summed E-state index contributed by atoms with van der Waals surface area (Å²) in [5.41, 5.74) is 1.19. The van der Waals surface area contributed by atoms with Crippen molar-refractivity contribution in [2.45, 2.75) is 25.6 Å². The standard InChI is InChI=1S/C17H24N2O3/c1-13-12-19(8-10-21-13)17(20)18-11-15-7-9-22-16(15)14-5-3-2-4-6-14/h2-6,13,15-16H,7-12H2,1H3,(H,18,20). The van der Waals surface area contributed by atoms with Gasteiger partial charge in [-0.25, -0.2) is 4.79 Å². The Morgan fingerprint density at radius 3 is 2.86 bits per heavy atom. The van der Waals surface area contributed by atoms with E-state index in [9.17, 15) is 4.79 Å². The van der Waals surface area contributed by atoms with Gasteiger partial charge in [-0.3, -0.25) is 0 Å². The molecular weight excluding hydrogens is 280 g/mol. The summed E-state index contributed by atoms with van der Waals surface area (Å²) in [6, 6.07) is 10.3. The summed E-state index contributed by atoms with van der Waals surface area (Å²) in [5, 5.41) is 3.07. The second-order valence-corrected chi connectivity index (χ2v) is 6.06. The molecule has 5 heteroatoms. The molecule has 2 aliphatic heterocycles. The summed E-state index contributed by atoms with van der Waals surface area (Å²) in [5.74, 6) is 0.338. The third-order valence-corrected chi connectivity index (χ3v) is 4.39. The number of carbonyl (C=O) groups excluding carboxylic acids is 1. The molecule has 1 N–H and O–H groups in total. The Morgan fingerprint density at radius 1 is 1.27 bits per heavy atom. The van der Waals surface area contributed by atoms with Crippen molar-refractivity contribution in [1.82, 2.24) is 10.2 Å². The minimum Gasteiger partial charge on any atom is -0.375 e. The number of carbonyl (C=O) groups is 1. The Labute approximate surface area is 131 Å². The normalized spacial score (nSPS) is 28.6. The number of rotatable bonds is 3. The fraction of sp³-hybridized carbons (Fsp3) is 0.588. The summed E-state index contributed by atoms with van der Waals surface area (Å²) in [7, 11) is 0. The van der Waals surface area contributed by atoms with Crippen molar-refractivity contribution in [3.05, 3.63) is 35.9 Å². The lowest BCUT2D eigenvalue weighted by atomic mass is 9.95. The molecule has 0 aliphatic carbocycles. The molecule has 1 aromatic rings. The van der Waals surface area contributed by atoms with E-state index in [1.165, 1.54) is 5.56 Å². The molecule has 0 radical (unpaired) electrons. The van der Waals surface area contributed by atoms with E-state index in [1.54, 1.807) is 0 Å². The largest absolute Gasteiger partial charge is 0.375 e. The van der Waals surface area contributed by atoms with E-state index in [-0.39, 0.29) is 18.2 Å². The maximum Gasteiger partial charge on any atom is 0.317 e. The lowest BCUT2D eigenvalue weighted by Crippen LogP contribution is -2.49. The van der Waals surface area contributed by atoms with Gasteiger partial charge in [0.05, 0.1) is 18.8 Å². The number of ether oxygens (including phenoxy) is 2. The van der Waals surface area contributed by atoms with Crippen LogP contribution in [0.25, 0.3) is 0 Å². The third-order valence-electron chi connectivity index (χ3n) is 4.39. The van der Waals surface area contributed by atoms with Gasteiger partial charge in [-0.2, -0.15) is 0 Å². The highest BCUT2D eigenvalue weighted by Gasteiger charge is 2.30. The first-order valence-electron chi connectivity index (χ1n) is 8.05. The second-order valence-electron chi connectivity index (χ2n) is 6.06. The van der Waals surface area contributed by atoms with Crippen molar-refractivity contribution in [3.63, 3.8) is 0 Å². The van der Waals surface area contributed by atoms with Gasteiger partial charge in [0.1, 0.15) is 0 Å². The molecule has 0 saturated carbocycles. The lowest BCUT2D eigenvalue weighted by Gasteiger charge is -2.31. The number of morpholine rings is 1. The Kier molecular flexibility index (Phi) is 4.95. The topological polar surface area (TPSA) is 50.8 Å². The molecule has 3 atom stereocenters. The van der Waals surface area contributed by atoms with Crippen LogP contribution in [0.15, 0.2) is 30.3 Å². The molecule has 120 valence electrons. The Hall–Kier alpha value is -1.59. The molecule has 2 amide bonds. The van der Waals surface area contributed by atoms with Gasteiger partial charge in [-0.1, -0.05) is 30.3 Å². The number of benzene rings is 1. The Bertz CT molecular complexity index is 494. The zero-order chi connectivity index (χ0) is 15.4. The van der Waals surface area contributed by atoms with Crippen molar-refractivity contribution in [2.75, 3.05) is 32.8 Å². The van der Waals surface area contributed by atoms with E-state index in [2.05, 4.69) is 17.4 Å². The fourth-order valence-corrected chi connectivity index (χ4v) is 3.19. The van der Waals surface area contributed by atoms with Crippen LogP contribution < -0.4 is 5.32 Å². The average molecular weight is 304 g/mol. The predicted molar refractivity (Wildman–Crippen MR) is 83.6 cm³/mol. The van der Waals surface area contributed by atoms with Crippen LogP contribution in [0.4, 0.5) is 4.79 Å². The van der Waals surface area contributed by atoms with Crippen LogP contribution in [0.5, 0.6) is 0 Å². The maximum absolute atomic E-state index is 12.3. The highest BCUT2D eigenvalue weighted by molar-refractivity contribution is 5.74. The van der Waals surface area contributed by atoms with Crippen LogP contribution in [0.2, 0.25) is 0 Å². The molecular formula is C17H24N2O3. The van der Waals surface area contributed by atoms with Gasteiger partial charge in [0.25, 0.3) is 0 Å². The van der Waals surface area contributed by atoms with Gasteiger partial charge >= 0.3 is 6.03 Å². The van der Waals surface area contributed by atoms with Gasteiger partial charge in [-0.05, 0) is 18.9 Å². The highest BCUT2D eigenvalue weighted by atomic mass is 16.5. The monoisotopic (exact) mass is 304 g/mol. The first kappa shape index (κ1) is 15.3.